The zero-order valence-electron chi connectivity index (χ0n) is 10.3. The van der Waals surface area contributed by atoms with E-state index < -0.39 is 5.54 Å². The van der Waals surface area contributed by atoms with Gasteiger partial charge in [0.05, 0.1) is 5.54 Å². The van der Waals surface area contributed by atoms with E-state index in [9.17, 15) is 4.79 Å². The first-order chi connectivity index (χ1) is 7.53. The number of amides is 1. The van der Waals surface area contributed by atoms with Crippen LogP contribution in [0.25, 0.3) is 0 Å². The molecule has 4 heteroatoms. The second kappa shape index (κ2) is 4.34. The van der Waals surface area contributed by atoms with Crippen LogP contribution in [0.3, 0.4) is 0 Å². The van der Waals surface area contributed by atoms with Gasteiger partial charge in [-0.2, -0.15) is 0 Å². The summed E-state index contributed by atoms with van der Waals surface area (Å²) in [5, 5.41) is 3.08. The molecule has 2 rings (SSSR count). The molecule has 1 heterocycles. The normalized spacial score (nSPS) is 30.1. The first-order valence-corrected chi connectivity index (χ1v) is 6.37. The fourth-order valence-electron chi connectivity index (χ4n) is 2.19. The quantitative estimate of drug-likeness (QED) is 0.731. The minimum Gasteiger partial charge on any atom is -0.350 e. The van der Waals surface area contributed by atoms with E-state index >= 15 is 0 Å². The molecule has 2 aliphatic rings. The van der Waals surface area contributed by atoms with Crippen molar-refractivity contribution in [2.75, 3.05) is 13.1 Å². The number of carbonyl (C=O) groups excluding carboxylic acids is 1. The highest BCUT2D eigenvalue weighted by Crippen LogP contribution is 2.29. The zero-order valence-corrected chi connectivity index (χ0v) is 10.3. The summed E-state index contributed by atoms with van der Waals surface area (Å²) in [6.07, 6.45) is 4.42. The minimum atomic E-state index is -0.715. The molecule has 1 aliphatic heterocycles. The van der Waals surface area contributed by atoms with E-state index in [-0.39, 0.29) is 5.91 Å². The molecule has 0 aromatic heterocycles. The Morgan fingerprint density at radius 1 is 1.50 bits per heavy atom. The Kier molecular flexibility index (Phi) is 3.22. The topological polar surface area (TPSA) is 58.4 Å². The third kappa shape index (κ3) is 2.55. The third-order valence-corrected chi connectivity index (χ3v) is 3.87. The highest BCUT2D eigenvalue weighted by Gasteiger charge is 2.36. The molecular weight excluding hydrogens is 202 g/mol. The lowest BCUT2D eigenvalue weighted by Gasteiger charge is -2.24. The smallest absolute Gasteiger partial charge is 0.240 e. The van der Waals surface area contributed by atoms with E-state index in [0.29, 0.717) is 12.5 Å². The molecule has 16 heavy (non-hydrogen) atoms. The Morgan fingerprint density at radius 3 is 2.75 bits per heavy atom. The second-order valence-electron chi connectivity index (χ2n) is 5.46. The van der Waals surface area contributed by atoms with Crippen LogP contribution < -0.4 is 11.1 Å². The summed E-state index contributed by atoms with van der Waals surface area (Å²) >= 11 is 0. The molecule has 92 valence electrons. The Hall–Kier alpha value is -0.610. The van der Waals surface area contributed by atoms with Gasteiger partial charge < -0.3 is 11.1 Å². The maximum atomic E-state index is 11.9. The highest BCUT2D eigenvalue weighted by atomic mass is 16.2. The van der Waals surface area contributed by atoms with E-state index in [1.165, 1.54) is 12.8 Å². The molecule has 1 saturated heterocycles. The molecule has 0 aromatic rings. The van der Waals surface area contributed by atoms with E-state index in [1.807, 2.05) is 6.92 Å². The standard InChI is InChI=1S/C12H23N3O/c1-3-12(2,13)11(16)14-9-6-7-15(8-9)10-4-5-10/h9-10H,3-8,13H2,1-2H3,(H,14,16). The maximum Gasteiger partial charge on any atom is 0.240 e. The van der Waals surface area contributed by atoms with Crippen molar-refractivity contribution >= 4 is 5.91 Å². The molecule has 3 N–H and O–H groups in total. The van der Waals surface area contributed by atoms with Crippen LogP contribution in [-0.2, 0) is 4.79 Å². The van der Waals surface area contributed by atoms with Crippen LogP contribution in [0.2, 0.25) is 0 Å². The summed E-state index contributed by atoms with van der Waals surface area (Å²) in [6.45, 7) is 5.89. The number of carbonyl (C=O) groups is 1. The summed E-state index contributed by atoms with van der Waals surface area (Å²) < 4.78 is 0. The van der Waals surface area contributed by atoms with Gasteiger partial charge in [0, 0.05) is 25.2 Å². The molecule has 2 unspecified atom stereocenters. The Bertz CT molecular complexity index is 273. The number of nitrogens with one attached hydrogen (secondary N) is 1. The van der Waals surface area contributed by atoms with Crippen LogP contribution in [0.15, 0.2) is 0 Å². The van der Waals surface area contributed by atoms with Crippen molar-refractivity contribution < 1.29 is 4.79 Å². The number of likely N-dealkylation sites (tertiary alicyclic amines) is 1. The van der Waals surface area contributed by atoms with Crippen molar-refractivity contribution in [3.8, 4) is 0 Å². The number of rotatable bonds is 4. The Morgan fingerprint density at radius 2 is 2.19 bits per heavy atom. The minimum absolute atomic E-state index is 0.00218. The van der Waals surface area contributed by atoms with Crippen LogP contribution >= 0.6 is 0 Å². The molecule has 2 fully saturated rings. The second-order valence-corrected chi connectivity index (χ2v) is 5.46. The van der Waals surface area contributed by atoms with E-state index in [1.54, 1.807) is 6.92 Å². The average Bonchev–Trinajstić information content (AvgIpc) is 3.00. The number of hydrogen-bond acceptors (Lipinski definition) is 3. The largest absolute Gasteiger partial charge is 0.350 e. The molecule has 1 saturated carbocycles. The van der Waals surface area contributed by atoms with Crippen LogP contribution in [0.5, 0.6) is 0 Å². The van der Waals surface area contributed by atoms with Gasteiger partial charge in [0.25, 0.3) is 0 Å². The molecule has 2 atom stereocenters. The molecule has 4 nitrogen and oxygen atoms in total. The molecule has 0 spiro atoms. The Balaban J connectivity index is 1.80. The average molecular weight is 225 g/mol. The van der Waals surface area contributed by atoms with Crippen LogP contribution in [0.1, 0.15) is 39.5 Å². The first kappa shape index (κ1) is 11.9. The van der Waals surface area contributed by atoms with Gasteiger partial charge in [0.2, 0.25) is 5.91 Å². The number of nitrogens with zero attached hydrogens (tertiary/aromatic N) is 1. The van der Waals surface area contributed by atoms with Crippen molar-refractivity contribution in [1.82, 2.24) is 10.2 Å². The van der Waals surface area contributed by atoms with Crippen molar-refractivity contribution in [3.63, 3.8) is 0 Å². The van der Waals surface area contributed by atoms with Gasteiger partial charge in [-0.3, -0.25) is 9.69 Å². The van der Waals surface area contributed by atoms with Crippen molar-refractivity contribution in [2.45, 2.75) is 57.2 Å². The molecule has 0 aromatic carbocycles. The predicted octanol–water partition coefficient (Wildman–Crippen LogP) is 0.467. The molecular formula is C12H23N3O. The van der Waals surface area contributed by atoms with Crippen molar-refractivity contribution in [2.24, 2.45) is 5.73 Å². The van der Waals surface area contributed by atoms with Gasteiger partial charge >= 0.3 is 0 Å². The monoisotopic (exact) mass is 225 g/mol. The highest BCUT2D eigenvalue weighted by molar-refractivity contribution is 5.85. The molecule has 0 bridgehead atoms. The fourth-order valence-corrected chi connectivity index (χ4v) is 2.19. The Labute approximate surface area is 97.6 Å². The van der Waals surface area contributed by atoms with Crippen LogP contribution in [0, 0.1) is 0 Å². The summed E-state index contributed by atoms with van der Waals surface area (Å²) in [4.78, 5) is 14.4. The summed E-state index contributed by atoms with van der Waals surface area (Å²) in [7, 11) is 0. The molecule has 0 radical (unpaired) electrons. The third-order valence-electron chi connectivity index (χ3n) is 3.87. The number of hydrogen-bond donors (Lipinski definition) is 2. The maximum absolute atomic E-state index is 11.9. The molecule has 1 amide bonds. The summed E-state index contributed by atoms with van der Waals surface area (Å²) in [5.41, 5.74) is 5.20. The summed E-state index contributed by atoms with van der Waals surface area (Å²) in [6, 6.07) is 1.11. The van der Waals surface area contributed by atoms with E-state index in [0.717, 1.165) is 25.6 Å². The van der Waals surface area contributed by atoms with Crippen molar-refractivity contribution in [1.29, 1.82) is 0 Å². The zero-order chi connectivity index (χ0) is 11.8. The van der Waals surface area contributed by atoms with E-state index in [2.05, 4.69) is 10.2 Å². The lowest BCUT2D eigenvalue weighted by Crippen LogP contribution is -2.54. The van der Waals surface area contributed by atoms with Gasteiger partial charge in [-0.25, -0.2) is 0 Å². The SMILES string of the molecule is CCC(C)(N)C(=O)NC1CCN(C2CC2)C1. The lowest BCUT2D eigenvalue weighted by atomic mass is 9.99. The van der Waals surface area contributed by atoms with E-state index in [4.69, 9.17) is 5.73 Å². The summed E-state index contributed by atoms with van der Waals surface area (Å²) in [5.74, 6) is -0.00218. The lowest BCUT2D eigenvalue weighted by molar-refractivity contribution is -0.126. The van der Waals surface area contributed by atoms with Gasteiger partial charge in [-0.15, -0.1) is 0 Å². The predicted molar refractivity (Wildman–Crippen MR) is 64.0 cm³/mol. The number of nitrogens with two attached hydrogens (primary N) is 1. The van der Waals surface area contributed by atoms with Crippen LogP contribution in [-0.4, -0.2) is 41.5 Å². The van der Waals surface area contributed by atoms with Gasteiger partial charge in [0.1, 0.15) is 0 Å². The van der Waals surface area contributed by atoms with Gasteiger partial charge in [-0.1, -0.05) is 6.92 Å². The van der Waals surface area contributed by atoms with Crippen molar-refractivity contribution in [3.05, 3.63) is 0 Å². The first-order valence-electron chi connectivity index (χ1n) is 6.37. The fraction of sp³-hybridized carbons (Fsp3) is 0.917. The molecule has 1 aliphatic carbocycles. The van der Waals surface area contributed by atoms with Gasteiger partial charge in [-0.05, 0) is 32.6 Å². The van der Waals surface area contributed by atoms with Crippen LogP contribution in [0.4, 0.5) is 0 Å². The van der Waals surface area contributed by atoms with Gasteiger partial charge in [0.15, 0.2) is 0 Å².